The highest BCUT2D eigenvalue weighted by atomic mass is 35.5. The Kier molecular flexibility index (Phi) is 5.38. The van der Waals surface area contributed by atoms with Gasteiger partial charge in [-0.25, -0.2) is 13.1 Å². The summed E-state index contributed by atoms with van der Waals surface area (Å²) in [5.41, 5.74) is -0.142. The highest BCUT2D eigenvalue weighted by Crippen LogP contribution is 2.17. The van der Waals surface area contributed by atoms with Crippen molar-refractivity contribution >= 4 is 33.0 Å². The molecule has 0 saturated carbocycles. The standard InChI is InChI=1S/C18H14ClN3O4S/c19-13-5-4-6-14(11-13)20-16(23)12-22-18(24)10-9-17(21-22)27(25,26)15-7-2-1-3-8-15/h1-11H,12H2,(H,20,23). The summed E-state index contributed by atoms with van der Waals surface area (Å²) >= 11 is 5.86. The van der Waals surface area contributed by atoms with Gasteiger partial charge in [-0.3, -0.25) is 9.59 Å². The molecule has 1 heterocycles. The third-order valence-corrected chi connectivity index (χ3v) is 5.47. The summed E-state index contributed by atoms with van der Waals surface area (Å²) in [4.78, 5) is 24.2. The molecule has 3 rings (SSSR count). The van der Waals surface area contributed by atoms with Crippen molar-refractivity contribution in [1.82, 2.24) is 9.78 Å². The molecule has 1 aromatic heterocycles. The van der Waals surface area contributed by atoms with E-state index in [1.54, 1.807) is 42.5 Å². The number of aromatic nitrogens is 2. The molecular formula is C18H14ClN3O4S. The van der Waals surface area contributed by atoms with Crippen molar-refractivity contribution in [3.63, 3.8) is 0 Å². The van der Waals surface area contributed by atoms with Crippen molar-refractivity contribution in [2.75, 3.05) is 5.32 Å². The Morgan fingerprint density at radius 2 is 1.78 bits per heavy atom. The Bertz CT molecular complexity index is 1140. The Labute approximate surface area is 160 Å². The maximum atomic E-state index is 12.6. The van der Waals surface area contributed by atoms with Crippen molar-refractivity contribution < 1.29 is 13.2 Å². The average molecular weight is 404 g/mol. The second kappa shape index (κ2) is 7.73. The molecule has 0 saturated heterocycles. The van der Waals surface area contributed by atoms with Gasteiger partial charge < -0.3 is 5.32 Å². The van der Waals surface area contributed by atoms with Gasteiger partial charge in [0.1, 0.15) is 6.54 Å². The summed E-state index contributed by atoms with van der Waals surface area (Å²) in [6, 6.07) is 16.4. The minimum atomic E-state index is -3.90. The number of anilines is 1. The minimum Gasteiger partial charge on any atom is -0.324 e. The lowest BCUT2D eigenvalue weighted by molar-refractivity contribution is -0.117. The van der Waals surface area contributed by atoms with Crippen LogP contribution in [0, 0.1) is 0 Å². The molecular weight excluding hydrogens is 390 g/mol. The molecule has 9 heteroatoms. The molecule has 0 spiro atoms. The van der Waals surface area contributed by atoms with E-state index in [9.17, 15) is 18.0 Å². The lowest BCUT2D eigenvalue weighted by atomic mass is 10.3. The molecule has 2 aromatic carbocycles. The van der Waals surface area contributed by atoms with E-state index >= 15 is 0 Å². The topological polar surface area (TPSA) is 98.1 Å². The summed E-state index contributed by atoms with van der Waals surface area (Å²) in [6.45, 7) is -0.441. The lowest BCUT2D eigenvalue weighted by Crippen LogP contribution is -2.30. The van der Waals surface area contributed by atoms with Crippen LogP contribution in [0.15, 0.2) is 81.4 Å². The SMILES string of the molecule is O=C(Cn1nc(S(=O)(=O)c2ccccc2)ccc1=O)Nc1cccc(Cl)c1. The van der Waals surface area contributed by atoms with E-state index in [4.69, 9.17) is 11.6 Å². The molecule has 0 aliphatic rings. The number of hydrogen-bond donors (Lipinski definition) is 1. The van der Waals surface area contributed by atoms with Crippen LogP contribution >= 0.6 is 11.6 Å². The first kappa shape index (κ1) is 18.8. The smallest absolute Gasteiger partial charge is 0.267 e. The number of carbonyl (C=O) groups is 1. The third kappa shape index (κ3) is 4.42. The van der Waals surface area contributed by atoms with Gasteiger partial charge in [0, 0.05) is 16.8 Å². The first-order chi connectivity index (χ1) is 12.9. The van der Waals surface area contributed by atoms with Crippen LogP contribution in [0.25, 0.3) is 0 Å². The number of halogens is 1. The van der Waals surface area contributed by atoms with E-state index < -0.39 is 27.8 Å². The highest BCUT2D eigenvalue weighted by Gasteiger charge is 2.20. The van der Waals surface area contributed by atoms with Crippen LogP contribution in [-0.2, 0) is 21.2 Å². The van der Waals surface area contributed by atoms with Gasteiger partial charge in [-0.2, -0.15) is 5.10 Å². The fraction of sp³-hybridized carbons (Fsp3) is 0.0556. The van der Waals surface area contributed by atoms with Crippen molar-refractivity contribution in [2.24, 2.45) is 0 Å². The van der Waals surface area contributed by atoms with Crippen LogP contribution in [0.1, 0.15) is 0 Å². The first-order valence-corrected chi connectivity index (χ1v) is 9.66. The fourth-order valence-corrected chi connectivity index (χ4v) is 3.71. The predicted octanol–water partition coefficient (Wildman–Crippen LogP) is 2.37. The predicted molar refractivity (Wildman–Crippen MR) is 100 cm³/mol. The first-order valence-electron chi connectivity index (χ1n) is 7.80. The van der Waals surface area contributed by atoms with Crippen LogP contribution in [0.3, 0.4) is 0 Å². The Balaban J connectivity index is 1.86. The molecule has 0 bridgehead atoms. The van der Waals surface area contributed by atoms with Crippen LogP contribution in [-0.4, -0.2) is 24.1 Å². The van der Waals surface area contributed by atoms with Crippen LogP contribution in [0.2, 0.25) is 5.02 Å². The maximum absolute atomic E-state index is 12.6. The zero-order chi connectivity index (χ0) is 19.4. The number of carbonyl (C=O) groups excluding carboxylic acids is 1. The average Bonchev–Trinajstić information content (AvgIpc) is 2.64. The molecule has 7 nitrogen and oxygen atoms in total. The Morgan fingerprint density at radius 3 is 2.48 bits per heavy atom. The van der Waals surface area contributed by atoms with E-state index in [1.807, 2.05) is 0 Å². The number of nitrogens with one attached hydrogen (secondary N) is 1. The van der Waals surface area contributed by atoms with Crippen molar-refractivity contribution in [2.45, 2.75) is 16.5 Å². The largest absolute Gasteiger partial charge is 0.324 e. The normalized spacial score (nSPS) is 11.1. The van der Waals surface area contributed by atoms with Crippen molar-refractivity contribution in [1.29, 1.82) is 0 Å². The molecule has 0 unspecified atom stereocenters. The van der Waals surface area contributed by atoms with Gasteiger partial charge in [0.15, 0.2) is 5.03 Å². The van der Waals surface area contributed by atoms with Crippen LogP contribution < -0.4 is 10.9 Å². The van der Waals surface area contributed by atoms with Gasteiger partial charge >= 0.3 is 0 Å². The Hall–Kier alpha value is -2.97. The molecule has 1 N–H and O–H groups in total. The van der Waals surface area contributed by atoms with Gasteiger partial charge in [-0.05, 0) is 36.4 Å². The zero-order valence-electron chi connectivity index (χ0n) is 13.9. The molecule has 0 aliphatic carbocycles. The molecule has 0 fully saturated rings. The molecule has 27 heavy (non-hydrogen) atoms. The summed E-state index contributed by atoms with van der Waals surface area (Å²) in [7, 11) is -3.90. The summed E-state index contributed by atoms with van der Waals surface area (Å²) < 4.78 is 26.0. The summed E-state index contributed by atoms with van der Waals surface area (Å²) in [6.07, 6.45) is 0. The second-order valence-corrected chi connectivity index (χ2v) is 7.88. The number of sulfone groups is 1. The van der Waals surface area contributed by atoms with Gasteiger partial charge in [0.25, 0.3) is 5.56 Å². The number of hydrogen-bond acceptors (Lipinski definition) is 5. The second-order valence-electron chi connectivity index (χ2n) is 5.54. The maximum Gasteiger partial charge on any atom is 0.267 e. The molecule has 138 valence electrons. The molecule has 0 aliphatic heterocycles. The van der Waals surface area contributed by atoms with E-state index in [0.717, 1.165) is 16.8 Å². The van der Waals surface area contributed by atoms with Gasteiger partial charge in [0.05, 0.1) is 4.90 Å². The van der Waals surface area contributed by atoms with E-state index in [1.165, 1.54) is 12.1 Å². The lowest BCUT2D eigenvalue weighted by Gasteiger charge is -2.09. The third-order valence-electron chi connectivity index (χ3n) is 3.57. The number of benzene rings is 2. The fourth-order valence-electron chi connectivity index (χ4n) is 2.31. The van der Waals surface area contributed by atoms with E-state index in [2.05, 4.69) is 10.4 Å². The monoisotopic (exact) mass is 403 g/mol. The van der Waals surface area contributed by atoms with E-state index in [-0.39, 0.29) is 9.92 Å². The van der Waals surface area contributed by atoms with Crippen molar-refractivity contribution in [3.8, 4) is 0 Å². The van der Waals surface area contributed by atoms with Crippen molar-refractivity contribution in [3.05, 3.63) is 82.1 Å². The summed E-state index contributed by atoms with van der Waals surface area (Å²) in [5.74, 6) is -0.541. The number of nitrogens with zero attached hydrogens (tertiary/aromatic N) is 2. The van der Waals surface area contributed by atoms with E-state index in [0.29, 0.717) is 10.7 Å². The molecule has 3 aromatic rings. The zero-order valence-corrected chi connectivity index (χ0v) is 15.4. The Morgan fingerprint density at radius 1 is 1.04 bits per heavy atom. The molecule has 0 radical (unpaired) electrons. The van der Waals surface area contributed by atoms with Gasteiger partial charge in [0.2, 0.25) is 15.7 Å². The van der Waals surface area contributed by atoms with Crippen LogP contribution in [0.5, 0.6) is 0 Å². The molecule has 1 amide bonds. The highest BCUT2D eigenvalue weighted by molar-refractivity contribution is 7.91. The van der Waals surface area contributed by atoms with Gasteiger partial charge in [-0.15, -0.1) is 0 Å². The quantitative estimate of drug-likeness (QED) is 0.705. The van der Waals surface area contributed by atoms with Crippen LogP contribution in [0.4, 0.5) is 5.69 Å². The number of rotatable bonds is 5. The van der Waals surface area contributed by atoms with Gasteiger partial charge in [-0.1, -0.05) is 35.9 Å². The minimum absolute atomic E-state index is 0.0473. The molecule has 0 atom stereocenters. The number of amides is 1. The summed E-state index contributed by atoms with van der Waals surface area (Å²) in [5, 5.41) is 6.55.